The molecule has 0 aromatic rings. The minimum absolute atomic E-state index is 0.0644. The van der Waals surface area contributed by atoms with E-state index < -0.39 is 0 Å². The molecular weight excluding hydrogens is 152 g/mol. The first-order valence-electron chi connectivity index (χ1n) is 4.73. The molecule has 0 spiro atoms. The summed E-state index contributed by atoms with van der Waals surface area (Å²) < 4.78 is 5.62. The SMILES string of the molecule is CC(N)CNCC1(C)CCCO1. The number of hydrogen-bond donors (Lipinski definition) is 2. The van der Waals surface area contributed by atoms with Crippen molar-refractivity contribution in [2.75, 3.05) is 19.7 Å². The van der Waals surface area contributed by atoms with E-state index in [1.807, 2.05) is 6.92 Å². The summed E-state index contributed by atoms with van der Waals surface area (Å²) in [5.41, 5.74) is 5.68. The summed E-state index contributed by atoms with van der Waals surface area (Å²) in [7, 11) is 0. The first kappa shape index (κ1) is 9.96. The standard InChI is InChI=1S/C9H20N2O/c1-8(10)6-11-7-9(2)4-3-5-12-9/h8,11H,3-7,10H2,1-2H3. The fourth-order valence-electron chi connectivity index (χ4n) is 1.54. The van der Waals surface area contributed by atoms with E-state index in [-0.39, 0.29) is 11.6 Å². The van der Waals surface area contributed by atoms with Gasteiger partial charge in [-0.3, -0.25) is 0 Å². The van der Waals surface area contributed by atoms with Gasteiger partial charge in [-0.05, 0) is 26.7 Å². The van der Waals surface area contributed by atoms with E-state index in [2.05, 4.69) is 12.2 Å². The quantitative estimate of drug-likeness (QED) is 0.649. The van der Waals surface area contributed by atoms with Crippen LogP contribution in [0.1, 0.15) is 26.7 Å². The highest BCUT2D eigenvalue weighted by Crippen LogP contribution is 2.23. The molecule has 1 fully saturated rings. The Morgan fingerprint density at radius 2 is 2.42 bits per heavy atom. The molecule has 1 rings (SSSR count). The predicted octanol–water partition coefficient (Wildman–Crippen LogP) is 0.492. The Kier molecular flexibility index (Phi) is 3.50. The summed E-state index contributed by atoms with van der Waals surface area (Å²) in [6.07, 6.45) is 2.36. The van der Waals surface area contributed by atoms with Crippen molar-refractivity contribution in [3.8, 4) is 0 Å². The lowest BCUT2D eigenvalue weighted by atomic mass is 10.0. The molecule has 0 aliphatic carbocycles. The van der Waals surface area contributed by atoms with Crippen LogP contribution in [0.4, 0.5) is 0 Å². The van der Waals surface area contributed by atoms with E-state index >= 15 is 0 Å². The van der Waals surface area contributed by atoms with Gasteiger partial charge in [0.25, 0.3) is 0 Å². The number of hydrogen-bond acceptors (Lipinski definition) is 3. The number of ether oxygens (including phenoxy) is 1. The maximum absolute atomic E-state index is 5.62. The van der Waals surface area contributed by atoms with Gasteiger partial charge in [0.05, 0.1) is 5.60 Å². The Hall–Kier alpha value is -0.120. The van der Waals surface area contributed by atoms with E-state index in [1.54, 1.807) is 0 Å². The molecule has 0 saturated carbocycles. The summed E-state index contributed by atoms with van der Waals surface area (Å²) in [5.74, 6) is 0. The Bertz CT molecular complexity index is 130. The highest BCUT2D eigenvalue weighted by Gasteiger charge is 2.28. The lowest BCUT2D eigenvalue weighted by Gasteiger charge is -2.23. The summed E-state index contributed by atoms with van der Waals surface area (Å²) >= 11 is 0. The number of rotatable bonds is 4. The minimum atomic E-state index is 0.0644. The third kappa shape index (κ3) is 3.09. The van der Waals surface area contributed by atoms with E-state index in [0.29, 0.717) is 0 Å². The molecule has 1 heterocycles. The second-order valence-electron chi connectivity index (χ2n) is 4.01. The zero-order valence-corrected chi connectivity index (χ0v) is 8.10. The highest BCUT2D eigenvalue weighted by atomic mass is 16.5. The Morgan fingerprint density at radius 1 is 1.67 bits per heavy atom. The van der Waals surface area contributed by atoms with Crippen molar-refractivity contribution >= 4 is 0 Å². The molecule has 0 radical (unpaired) electrons. The first-order chi connectivity index (χ1) is 5.62. The van der Waals surface area contributed by atoms with Crippen LogP contribution in [0.25, 0.3) is 0 Å². The molecular formula is C9H20N2O. The molecule has 0 aromatic heterocycles. The van der Waals surface area contributed by atoms with Crippen LogP contribution in [0.15, 0.2) is 0 Å². The largest absolute Gasteiger partial charge is 0.374 e. The topological polar surface area (TPSA) is 47.3 Å². The second-order valence-corrected chi connectivity index (χ2v) is 4.01. The van der Waals surface area contributed by atoms with E-state index in [0.717, 1.165) is 19.7 Å². The molecule has 0 amide bonds. The molecule has 1 saturated heterocycles. The van der Waals surface area contributed by atoms with Gasteiger partial charge in [0.2, 0.25) is 0 Å². The van der Waals surface area contributed by atoms with Gasteiger partial charge in [-0.25, -0.2) is 0 Å². The smallest absolute Gasteiger partial charge is 0.0779 e. The van der Waals surface area contributed by atoms with Crippen molar-refractivity contribution in [3.05, 3.63) is 0 Å². The normalized spacial score (nSPS) is 32.2. The van der Waals surface area contributed by atoms with Gasteiger partial charge >= 0.3 is 0 Å². The first-order valence-corrected chi connectivity index (χ1v) is 4.73. The van der Waals surface area contributed by atoms with Crippen LogP contribution in [-0.2, 0) is 4.74 Å². The van der Waals surface area contributed by atoms with Gasteiger partial charge < -0.3 is 15.8 Å². The molecule has 3 heteroatoms. The molecule has 2 unspecified atom stereocenters. The fraction of sp³-hybridized carbons (Fsp3) is 1.00. The van der Waals surface area contributed by atoms with Gasteiger partial charge in [0, 0.05) is 25.7 Å². The van der Waals surface area contributed by atoms with Crippen molar-refractivity contribution < 1.29 is 4.74 Å². The van der Waals surface area contributed by atoms with Gasteiger partial charge in [-0.2, -0.15) is 0 Å². The van der Waals surface area contributed by atoms with Crippen LogP contribution in [0, 0.1) is 0 Å². The maximum Gasteiger partial charge on any atom is 0.0779 e. The van der Waals surface area contributed by atoms with Gasteiger partial charge in [-0.15, -0.1) is 0 Å². The number of nitrogens with two attached hydrogens (primary N) is 1. The van der Waals surface area contributed by atoms with Crippen molar-refractivity contribution in [1.29, 1.82) is 0 Å². The third-order valence-corrected chi connectivity index (χ3v) is 2.27. The Balaban J connectivity index is 2.13. The third-order valence-electron chi connectivity index (χ3n) is 2.27. The van der Waals surface area contributed by atoms with Crippen LogP contribution in [0.5, 0.6) is 0 Å². The lowest BCUT2D eigenvalue weighted by Crippen LogP contribution is -2.41. The predicted molar refractivity (Wildman–Crippen MR) is 50.1 cm³/mol. The van der Waals surface area contributed by atoms with Gasteiger partial charge in [0.1, 0.15) is 0 Å². The Labute approximate surface area is 74.7 Å². The summed E-state index contributed by atoms with van der Waals surface area (Å²) in [4.78, 5) is 0. The molecule has 1 aliphatic rings. The summed E-state index contributed by atoms with van der Waals surface area (Å²) in [5, 5.41) is 3.32. The molecule has 12 heavy (non-hydrogen) atoms. The van der Waals surface area contributed by atoms with Crippen molar-refractivity contribution in [2.45, 2.75) is 38.3 Å². The fourth-order valence-corrected chi connectivity index (χ4v) is 1.54. The molecule has 2 atom stereocenters. The second kappa shape index (κ2) is 4.21. The summed E-state index contributed by atoms with van der Waals surface area (Å²) in [6, 6.07) is 0.231. The maximum atomic E-state index is 5.62. The molecule has 0 bridgehead atoms. The summed E-state index contributed by atoms with van der Waals surface area (Å²) in [6.45, 7) is 6.88. The van der Waals surface area contributed by atoms with Crippen LogP contribution >= 0.6 is 0 Å². The average Bonchev–Trinajstić information content (AvgIpc) is 2.35. The lowest BCUT2D eigenvalue weighted by molar-refractivity contribution is 0.0209. The van der Waals surface area contributed by atoms with Crippen LogP contribution in [0.3, 0.4) is 0 Å². The van der Waals surface area contributed by atoms with Crippen molar-refractivity contribution in [2.24, 2.45) is 5.73 Å². The molecule has 3 N–H and O–H groups in total. The Morgan fingerprint density at radius 3 is 2.92 bits per heavy atom. The van der Waals surface area contributed by atoms with Gasteiger partial charge in [0.15, 0.2) is 0 Å². The van der Waals surface area contributed by atoms with Crippen molar-refractivity contribution in [1.82, 2.24) is 5.32 Å². The van der Waals surface area contributed by atoms with E-state index in [4.69, 9.17) is 10.5 Å². The van der Waals surface area contributed by atoms with Gasteiger partial charge in [-0.1, -0.05) is 0 Å². The average molecular weight is 172 g/mol. The highest BCUT2D eigenvalue weighted by molar-refractivity contribution is 4.82. The monoisotopic (exact) mass is 172 g/mol. The van der Waals surface area contributed by atoms with Crippen LogP contribution in [0.2, 0.25) is 0 Å². The zero-order valence-electron chi connectivity index (χ0n) is 8.10. The minimum Gasteiger partial charge on any atom is -0.374 e. The number of nitrogens with one attached hydrogen (secondary N) is 1. The van der Waals surface area contributed by atoms with Crippen molar-refractivity contribution in [3.63, 3.8) is 0 Å². The molecule has 0 aromatic carbocycles. The zero-order chi connectivity index (χ0) is 9.03. The molecule has 1 aliphatic heterocycles. The van der Waals surface area contributed by atoms with Crippen LogP contribution in [-0.4, -0.2) is 31.3 Å². The van der Waals surface area contributed by atoms with E-state index in [1.165, 1.54) is 12.8 Å². The van der Waals surface area contributed by atoms with E-state index in [9.17, 15) is 0 Å². The van der Waals surface area contributed by atoms with Crippen LogP contribution < -0.4 is 11.1 Å². The molecule has 72 valence electrons. The molecule has 3 nitrogen and oxygen atoms in total.